The van der Waals surface area contributed by atoms with Crippen molar-refractivity contribution in [2.75, 3.05) is 27.3 Å². The summed E-state index contributed by atoms with van der Waals surface area (Å²) >= 11 is 0. The Kier molecular flexibility index (Phi) is 20.3. The van der Waals surface area contributed by atoms with E-state index in [9.17, 15) is 0 Å². The number of hydrogen-bond acceptors (Lipinski definition) is 2. The maximum Gasteiger partial charge on any atom is 0.0463 e. The molecule has 0 aromatic carbocycles. The molecule has 9 heavy (non-hydrogen) atoms. The largest absolute Gasteiger partial charge is 0.382 e. The Morgan fingerprint density at radius 3 is 1.78 bits per heavy atom. The zero-order chi connectivity index (χ0) is 7.54. The lowest BCUT2D eigenvalue weighted by Crippen LogP contribution is -1.89. The van der Waals surface area contributed by atoms with E-state index in [1.165, 1.54) is 0 Å². The summed E-state index contributed by atoms with van der Waals surface area (Å²) < 4.78 is 4.98. The average Bonchev–Trinajstić information content (AvgIpc) is 1.86. The summed E-state index contributed by atoms with van der Waals surface area (Å²) in [7, 11) is 3.75. The molecule has 0 aromatic heterocycles. The van der Waals surface area contributed by atoms with Gasteiger partial charge in [-0.15, -0.1) is 0 Å². The normalized spacial score (nSPS) is 8.00. The van der Waals surface area contributed by atoms with Crippen LogP contribution >= 0.6 is 0 Å². The number of nitrogens with one attached hydrogen (secondary N) is 1. The lowest BCUT2D eigenvalue weighted by molar-refractivity contribution is 0.148. The number of rotatable bonds is 3. The van der Waals surface area contributed by atoms with Gasteiger partial charge in [0.05, 0.1) is 0 Å². The van der Waals surface area contributed by atoms with Crippen LogP contribution in [0.2, 0.25) is 0 Å². The van der Waals surface area contributed by atoms with E-state index < -0.39 is 0 Å². The highest BCUT2D eigenvalue weighted by Crippen LogP contribution is 1.75. The maximum atomic E-state index is 4.98. The summed E-state index contributed by atoms with van der Waals surface area (Å²) in [5.41, 5.74) is 0. The average molecular weight is 133 g/mol. The zero-order valence-electron chi connectivity index (χ0n) is 7.03. The van der Waals surface area contributed by atoms with Crippen molar-refractivity contribution in [2.45, 2.75) is 20.3 Å². The van der Waals surface area contributed by atoms with Crippen LogP contribution in [0.3, 0.4) is 0 Å². The van der Waals surface area contributed by atoms with Crippen molar-refractivity contribution >= 4 is 0 Å². The second kappa shape index (κ2) is 15.7. The minimum atomic E-state index is 0.855. The first-order valence-corrected chi connectivity index (χ1v) is 3.49. The molecule has 0 aliphatic rings. The Morgan fingerprint density at radius 1 is 1.22 bits per heavy atom. The molecule has 0 bridgehead atoms. The van der Waals surface area contributed by atoms with Gasteiger partial charge >= 0.3 is 0 Å². The molecule has 58 valence electrons. The summed E-state index contributed by atoms with van der Waals surface area (Å²) in [6, 6.07) is 0. The lowest BCUT2D eigenvalue weighted by atomic mass is 10.5. The van der Waals surface area contributed by atoms with Gasteiger partial charge in [0.15, 0.2) is 0 Å². The molecule has 2 nitrogen and oxygen atoms in total. The monoisotopic (exact) mass is 133 g/mol. The molecule has 0 heterocycles. The van der Waals surface area contributed by atoms with Gasteiger partial charge in [-0.3, -0.25) is 0 Å². The third-order valence-corrected chi connectivity index (χ3v) is 0.553. The van der Waals surface area contributed by atoms with E-state index >= 15 is 0 Å². The van der Waals surface area contributed by atoms with Gasteiger partial charge < -0.3 is 10.1 Å². The van der Waals surface area contributed by atoms with Gasteiger partial charge in [0.25, 0.3) is 0 Å². The maximum absolute atomic E-state index is 4.98. The number of ether oxygens (including phenoxy) is 1. The molecule has 0 aliphatic carbocycles. The fraction of sp³-hybridized carbons (Fsp3) is 1.00. The van der Waals surface area contributed by atoms with Crippen molar-refractivity contribution in [1.29, 1.82) is 0 Å². The number of hydrogen-bond donors (Lipinski definition) is 1. The summed E-state index contributed by atoms with van der Waals surface area (Å²) in [6.45, 7) is 5.88. The Labute approximate surface area is 58.6 Å². The summed E-state index contributed by atoms with van der Waals surface area (Å²) in [4.78, 5) is 0. The van der Waals surface area contributed by atoms with Crippen LogP contribution in [0.5, 0.6) is 0 Å². The highest BCUT2D eigenvalue weighted by atomic mass is 16.5. The standard InChI is InChI=1S/C5H12O.C2H7N/c1-3-5-6-4-2;1-3-2/h3-5H2,1-2H3;3H,1-2H3. The van der Waals surface area contributed by atoms with Crippen LogP contribution in [-0.2, 0) is 4.74 Å². The lowest BCUT2D eigenvalue weighted by Gasteiger charge is -1.91. The predicted molar refractivity (Wildman–Crippen MR) is 41.8 cm³/mol. The van der Waals surface area contributed by atoms with Gasteiger partial charge in [-0.05, 0) is 27.4 Å². The Hall–Kier alpha value is -0.0800. The van der Waals surface area contributed by atoms with Crippen molar-refractivity contribution in [3.8, 4) is 0 Å². The minimum Gasteiger partial charge on any atom is -0.382 e. The first kappa shape index (κ1) is 11.7. The second-order valence-corrected chi connectivity index (χ2v) is 1.70. The molecule has 2 heteroatoms. The van der Waals surface area contributed by atoms with Crippen molar-refractivity contribution in [3.63, 3.8) is 0 Å². The summed E-state index contributed by atoms with van der Waals surface area (Å²) in [6.07, 6.45) is 1.13. The molecule has 0 unspecified atom stereocenters. The predicted octanol–water partition coefficient (Wildman–Crippen LogP) is 1.27. The van der Waals surface area contributed by atoms with Crippen molar-refractivity contribution < 1.29 is 4.74 Å². The quantitative estimate of drug-likeness (QED) is 0.585. The third kappa shape index (κ3) is 32.6. The molecule has 0 fully saturated rings. The molecule has 0 radical (unpaired) electrons. The van der Waals surface area contributed by atoms with Crippen LogP contribution < -0.4 is 5.32 Å². The molecule has 0 saturated carbocycles. The van der Waals surface area contributed by atoms with E-state index in [1.807, 2.05) is 21.0 Å². The smallest absolute Gasteiger partial charge is 0.0463 e. The molecular formula is C7H19NO. The van der Waals surface area contributed by atoms with Gasteiger partial charge in [-0.1, -0.05) is 6.92 Å². The van der Waals surface area contributed by atoms with Crippen LogP contribution in [0, 0.1) is 0 Å². The van der Waals surface area contributed by atoms with Crippen LogP contribution in [0.1, 0.15) is 20.3 Å². The fourth-order valence-corrected chi connectivity index (χ4v) is 0.289. The van der Waals surface area contributed by atoms with E-state index in [2.05, 4.69) is 12.2 Å². The first-order chi connectivity index (χ1) is 4.33. The van der Waals surface area contributed by atoms with E-state index in [0.29, 0.717) is 0 Å². The van der Waals surface area contributed by atoms with Crippen molar-refractivity contribution in [2.24, 2.45) is 0 Å². The van der Waals surface area contributed by atoms with Crippen LogP contribution in [0.4, 0.5) is 0 Å². The Morgan fingerprint density at radius 2 is 1.67 bits per heavy atom. The van der Waals surface area contributed by atoms with Gasteiger partial charge in [0.1, 0.15) is 0 Å². The molecular weight excluding hydrogens is 114 g/mol. The zero-order valence-corrected chi connectivity index (χ0v) is 7.03. The molecule has 0 amide bonds. The van der Waals surface area contributed by atoms with Gasteiger partial charge in [-0.25, -0.2) is 0 Å². The highest BCUT2D eigenvalue weighted by molar-refractivity contribution is 4.19. The molecule has 0 atom stereocenters. The SMILES string of the molecule is CCCOCC.CNC. The van der Waals surface area contributed by atoms with E-state index in [0.717, 1.165) is 19.6 Å². The summed E-state index contributed by atoms with van der Waals surface area (Å²) in [5.74, 6) is 0. The minimum absolute atomic E-state index is 0.855. The molecule has 0 saturated heterocycles. The van der Waals surface area contributed by atoms with Crippen LogP contribution in [-0.4, -0.2) is 27.3 Å². The van der Waals surface area contributed by atoms with E-state index in [4.69, 9.17) is 4.74 Å². The Balaban J connectivity index is 0. The van der Waals surface area contributed by atoms with Gasteiger partial charge in [0.2, 0.25) is 0 Å². The van der Waals surface area contributed by atoms with Crippen molar-refractivity contribution in [3.05, 3.63) is 0 Å². The molecule has 0 spiro atoms. The molecule has 0 aliphatic heterocycles. The Bertz CT molecular complexity index is 28.1. The third-order valence-electron chi connectivity index (χ3n) is 0.553. The van der Waals surface area contributed by atoms with Crippen molar-refractivity contribution in [1.82, 2.24) is 5.32 Å². The second-order valence-electron chi connectivity index (χ2n) is 1.70. The fourth-order valence-electron chi connectivity index (χ4n) is 0.289. The van der Waals surface area contributed by atoms with Gasteiger partial charge in [-0.2, -0.15) is 0 Å². The van der Waals surface area contributed by atoms with Gasteiger partial charge in [0, 0.05) is 13.2 Å². The van der Waals surface area contributed by atoms with E-state index in [-0.39, 0.29) is 0 Å². The first-order valence-electron chi connectivity index (χ1n) is 3.49. The van der Waals surface area contributed by atoms with Crippen LogP contribution in [0.15, 0.2) is 0 Å². The highest BCUT2D eigenvalue weighted by Gasteiger charge is 1.72. The summed E-state index contributed by atoms with van der Waals surface area (Å²) in [5, 5.41) is 2.75. The topological polar surface area (TPSA) is 21.3 Å². The molecule has 0 rings (SSSR count). The van der Waals surface area contributed by atoms with E-state index in [1.54, 1.807) is 0 Å². The molecule has 0 aromatic rings. The molecule has 1 N–H and O–H groups in total. The van der Waals surface area contributed by atoms with Crippen LogP contribution in [0.25, 0.3) is 0 Å².